The second-order valence-electron chi connectivity index (χ2n) is 16.2. The van der Waals surface area contributed by atoms with E-state index < -0.39 is 0 Å². The van der Waals surface area contributed by atoms with Gasteiger partial charge < -0.3 is 14.0 Å². The lowest BCUT2D eigenvalue weighted by molar-refractivity contribution is 0.590. The zero-order chi connectivity index (χ0) is 36.8. The highest BCUT2D eigenvalue weighted by Crippen LogP contribution is 2.49. The molecule has 0 saturated heterocycles. The SMILES string of the molecule is CC(C)(C)c1ccc(-n2c3ccccc3c3cc(-c4ccc5c(c4)c4ccccc4n5-c4ccc5c(c4)C4C=CC=CC4N5c4ccccc4)ccc32)cc1. The average Bonchev–Trinajstić information content (AvgIpc) is 3.86. The number of para-hydroxylation sites is 3. The lowest BCUT2D eigenvalue weighted by Crippen LogP contribution is -2.28. The average molecular weight is 708 g/mol. The molecule has 2 atom stereocenters. The van der Waals surface area contributed by atoms with Crippen molar-refractivity contribution >= 4 is 55.0 Å². The Morgan fingerprint density at radius 2 is 0.982 bits per heavy atom. The highest BCUT2D eigenvalue weighted by atomic mass is 15.2. The smallest absolute Gasteiger partial charge is 0.0629 e. The van der Waals surface area contributed by atoms with E-state index in [9.17, 15) is 0 Å². The molecule has 2 unspecified atom stereocenters. The summed E-state index contributed by atoms with van der Waals surface area (Å²) in [6, 6.07) is 58.9. The number of aromatic nitrogens is 2. The van der Waals surface area contributed by atoms with Crippen LogP contribution in [-0.2, 0) is 5.41 Å². The van der Waals surface area contributed by atoms with Crippen molar-refractivity contribution in [3.63, 3.8) is 0 Å². The van der Waals surface area contributed by atoms with Crippen LogP contribution in [-0.4, -0.2) is 15.2 Å². The Balaban J connectivity index is 1.04. The topological polar surface area (TPSA) is 13.1 Å². The molecular weight excluding hydrogens is 667 g/mol. The zero-order valence-electron chi connectivity index (χ0n) is 31.3. The molecule has 11 rings (SSSR count). The van der Waals surface area contributed by atoms with E-state index in [1.807, 2.05) is 0 Å². The lowest BCUT2D eigenvalue weighted by Gasteiger charge is -2.28. The van der Waals surface area contributed by atoms with Gasteiger partial charge in [-0.25, -0.2) is 0 Å². The summed E-state index contributed by atoms with van der Waals surface area (Å²) >= 11 is 0. The first-order valence-corrected chi connectivity index (χ1v) is 19.4. The van der Waals surface area contributed by atoms with Gasteiger partial charge in [0.2, 0.25) is 0 Å². The minimum absolute atomic E-state index is 0.112. The molecule has 3 heteroatoms. The number of benzene rings is 7. The van der Waals surface area contributed by atoms with Crippen molar-refractivity contribution in [1.29, 1.82) is 0 Å². The van der Waals surface area contributed by atoms with Crippen LogP contribution in [0.1, 0.15) is 37.8 Å². The van der Waals surface area contributed by atoms with Crippen molar-refractivity contribution in [2.24, 2.45) is 0 Å². The molecular formula is C52H41N3. The molecule has 3 nitrogen and oxygen atoms in total. The number of anilines is 2. The molecule has 0 bridgehead atoms. The first-order chi connectivity index (χ1) is 26.9. The monoisotopic (exact) mass is 707 g/mol. The molecule has 55 heavy (non-hydrogen) atoms. The fourth-order valence-corrected chi connectivity index (χ4v) is 9.33. The maximum absolute atomic E-state index is 2.50. The van der Waals surface area contributed by atoms with Crippen LogP contribution in [0.5, 0.6) is 0 Å². The predicted octanol–water partition coefficient (Wildman–Crippen LogP) is 13.6. The lowest BCUT2D eigenvalue weighted by atomic mass is 9.87. The van der Waals surface area contributed by atoms with Gasteiger partial charge in [0, 0.05) is 50.2 Å². The third kappa shape index (κ3) is 4.89. The van der Waals surface area contributed by atoms with Crippen molar-refractivity contribution in [1.82, 2.24) is 9.13 Å². The van der Waals surface area contributed by atoms with Crippen molar-refractivity contribution in [3.05, 3.63) is 193 Å². The van der Waals surface area contributed by atoms with Crippen LogP contribution in [0.25, 0.3) is 66.1 Å². The van der Waals surface area contributed by atoms with Crippen LogP contribution in [0.3, 0.4) is 0 Å². The second kappa shape index (κ2) is 12.0. The van der Waals surface area contributed by atoms with Gasteiger partial charge in [0.1, 0.15) is 0 Å². The van der Waals surface area contributed by atoms with E-state index in [1.165, 1.54) is 88.6 Å². The van der Waals surface area contributed by atoms with Gasteiger partial charge in [0.05, 0.1) is 28.1 Å². The number of allylic oxidation sites excluding steroid dienone is 2. The molecule has 0 amide bonds. The molecule has 2 aromatic heterocycles. The molecule has 0 fully saturated rings. The van der Waals surface area contributed by atoms with Gasteiger partial charge in [-0.3, -0.25) is 0 Å². The molecule has 9 aromatic rings. The summed E-state index contributed by atoms with van der Waals surface area (Å²) in [7, 11) is 0. The fraction of sp³-hybridized carbons (Fsp3) is 0.115. The molecule has 1 aliphatic heterocycles. The molecule has 7 aromatic carbocycles. The number of fused-ring (bicyclic) bond motifs is 9. The van der Waals surface area contributed by atoms with Crippen molar-refractivity contribution < 1.29 is 0 Å². The van der Waals surface area contributed by atoms with Crippen molar-refractivity contribution in [3.8, 4) is 22.5 Å². The van der Waals surface area contributed by atoms with Crippen LogP contribution in [0, 0.1) is 0 Å². The van der Waals surface area contributed by atoms with E-state index >= 15 is 0 Å². The van der Waals surface area contributed by atoms with Gasteiger partial charge in [-0.15, -0.1) is 0 Å². The molecule has 0 saturated carbocycles. The third-order valence-corrected chi connectivity index (χ3v) is 12.0. The predicted molar refractivity (Wildman–Crippen MR) is 233 cm³/mol. The quantitative estimate of drug-likeness (QED) is 0.177. The number of nitrogens with zero attached hydrogens (tertiary/aromatic N) is 3. The largest absolute Gasteiger partial charge is 0.333 e. The minimum Gasteiger partial charge on any atom is -0.333 e. The Labute approximate surface area is 321 Å². The molecule has 2 aliphatic rings. The van der Waals surface area contributed by atoms with Crippen LogP contribution >= 0.6 is 0 Å². The van der Waals surface area contributed by atoms with Gasteiger partial charge >= 0.3 is 0 Å². The van der Waals surface area contributed by atoms with Gasteiger partial charge in [-0.2, -0.15) is 0 Å². The zero-order valence-corrected chi connectivity index (χ0v) is 31.3. The number of hydrogen-bond donors (Lipinski definition) is 0. The summed E-state index contributed by atoms with van der Waals surface area (Å²) < 4.78 is 4.87. The summed E-state index contributed by atoms with van der Waals surface area (Å²) in [5.41, 5.74) is 15.0. The maximum atomic E-state index is 2.50. The standard InChI is InChI=1S/C52H41N3/c1-52(2,3)36-23-25-38(26-24-36)54-46-18-10-7-15-40(46)43-31-34(21-28-49(43)54)35-22-29-50-44(32-35)41-16-8-12-20-48(41)55(50)39-27-30-51-45(33-39)42-17-9-11-19-47(42)53(51)37-13-5-4-6-14-37/h4-33,42,47H,1-3H3. The van der Waals surface area contributed by atoms with E-state index in [4.69, 9.17) is 0 Å². The molecule has 1 aliphatic carbocycles. The summed E-state index contributed by atoms with van der Waals surface area (Å²) in [5, 5.41) is 5.06. The van der Waals surface area contributed by atoms with Crippen LogP contribution < -0.4 is 4.90 Å². The van der Waals surface area contributed by atoms with Gasteiger partial charge in [0.15, 0.2) is 0 Å². The van der Waals surface area contributed by atoms with E-state index in [1.54, 1.807) is 0 Å². The third-order valence-electron chi connectivity index (χ3n) is 12.0. The number of rotatable bonds is 4. The Kier molecular flexibility index (Phi) is 6.94. The highest BCUT2D eigenvalue weighted by molar-refractivity contribution is 6.12. The van der Waals surface area contributed by atoms with E-state index in [0.29, 0.717) is 5.92 Å². The van der Waals surface area contributed by atoms with Crippen LogP contribution in [0.15, 0.2) is 182 Å². The van der Waals surface area contributed by atoms with Crippen LogP contribution in [0.4, 0.5) is 11.4 Å². The summed E-state index contributed by atoms with van der Waals surface area (Å²) in [6.07, 6.45) is 9.10. The van der Waals surface area contributed by atoms with Crippen molar-refractivity contribution in [2.75, 3.05) is 4.90 Å². The first kappa shape index (κ1) is 31.9. The Hall–Kier alpha value is -6.58. The summed E-state index contributed by atoms with van der Waals surface area (Å²) in [5.74, 6) is 0.295. The van der Waals surface area contributed by atoms with Gasteiger partial charge in [-0.05, 0) is 107 Å². The van der Waals surface area contributed by atoms with E-state index in [0.717, 1.165) is 0 Å². The summed E-state index contributed by atoms with van der Waals surface area (Å²) in [6.45, 7) is 6.81. The minimum atomic E-state index is 0.112. The maximum Gasteiger partial charge on any atom is 0.0629 e. The second-order valence-corrected chi connectivity index (χ2v) is 16.2. The molecule has 0 N–H and O–H groups in total. The Bertz CT molecular complexity index is 3020. The summed E-state index contributed by atoms with van der Waals surface area (Å²) in [4.78, 5) is 2.50. The van der Waals surface area contributed by atoms with Gasteiger partial charge in [-0.1, -0.05) is 124 Å². The van der Waals surface area contributed by atoms with Crippen LogP contribution in [0.2, 0.25) is 0 Å². The Morgan fingerprint density at radius 3 is 1.62 bits per heavy atom. The molecule has 3 heterocycles. The van der Waals surface area contributed by atoms with Crippen molar-refractivity contribution in [2.45, 2.75) is 38.1 Å². The number of hydrogen-bond acceptors (Lipinski definition) is 1. The van der Waals surface area contributed by atoms with Gasteiger partial charge in [0.25, 0.3) is 0 Å². The molecule has 0 spiro atoms. The highest BCUT2D eigenvalue weighted by Gasteiger charge is 2.37. The normalized spacial score (nSPS) is 16.5. The first-order valence-electron chi connectivity index (χ1n) is 19.4. The Morgan fingerprint density at radius 1 is 0.436 bits per heavy atom. The van der Waals surface area contributed by atoms with E-state index in [-0.39, 0.29) is 11.5 Å². The fourth-order valence-electron chi connectivity index (χ4n) is 9.33. The molecule has 264 valence electrons. The molecule has 0 radical (unpaired) electrons. The van der Waals surface area contributed by atoms with E-state index in [2.05, 4.69) is 217 Å².